The van der Waals surface area contributed by atoms with Gasteiger partial charge in [-0.2, -0.15) is 0 Å². The van der Waals surface area contributed by atoms with E-state index in [1.807, 2.05) is 27.0 Å². The summed E-state index contributed by atoms with van der Waals surface area (Å²) in [6.07, 6.45) is 1.87. The Kier molecular flexibility index (Phi) is 4.73. The smallest absolute Gasteiger partial charge is 0.214 e. The fourth-order valence-electron chi connectivity index (χ4n) is 1.64. The van der Waals surface area contributed by atoms with Gasteiger partial charge in [-0.05, 0) is 20.8 Å². The molecule has 2 rings (SSSR count). The second-order valence-electron chi connectivity index (χ2n) is 4.39. The Morgan fingerprint density at radius 2 is 2.05 bits per heavy atom. The van der Waals surface area contributed by atoms with Crippen LogP contribution in [0.1, 0.15) is 27.2 Å². The van der Waals surface area contributed by atoms with Gasteiger partial charge in [0.25, 0.3) is 0 Å². The number of guanidine groups is 1. The number of aryl methyl sites for hydroxylation is 3. The van der Waals surface area contributed by atoms with E-state index < -0.39 is 0 Å². The summed E-state index contributed by atoms with van der Waals surface area (Å²) in [5.74, 6) is 2.21. The summed E-state index contributed by atoms with van der Waals surface area (Å²) in [4.78, 5) is 14.0. The van der Waals surface area contributed by atoms with Gasteiger partial charge in [0, 0.05) is 18.1 Å². The number of thiazole rings is 1. The van der Waals surface area contributed by atoms with E-state index in [0.717, 1.165) is 16.5 Å². The van der Waals surface area contributed by atoms with Gasteiger partial charge in [0.05, 0.1) is 18.8 Å². The van der Waals surface area contributed by atoms with Crippen LogP contribution in [0.3, 0.4) is 0 Å². The van der Waals surface area contributed by atoms with Crippen LogP contribution in [0.5, 0.6) is 0 Å². The highest BCUT2D eigenvalue weighted by molar-refractivity contribution is 7.11. The van der Waals surface area contributed by atoms with Crippen LogP contribution in [-0.2, 0) is 13.1 Å². The molecule has 108 valence electrons. The average molecular weight is 293 g/mol. The zero-order valence-electron chi connectivity index (χ0n) is 12.1. The van der Waals surface area contributed by atoms with E-state index in [1.54, 1.807) is 18.4 Å². The van der Waals surface area contributed by atoms with Gasteiger partial charge >= 0.3 is 0 Å². The van der Waals surface area contributed by atoms with Gasteiger partial charge in [0.1, 0.15) is 10.8 Å². The van der Waals surface area contributed by atoms with Crippen molar-refractivity contribution >= 4 is 17.3 Å². The van der Waals surface area contributed by atoms with Crippen molar-refractivity contribution in [3.05, 3.63) is 33.4 Å². The van der Waals surface area contributed by atoms with Crippen molar-refractivity contribution in [1.29, 1.82) is 0 Å². The molecule has 2 aromatic rings. The lowest BCUT2D eigenvalue weighted by Crippen LogP contribution is -2.36. The molecule has 0 fully saturated rings. The fourth-order valence-corrected chi connectivity index (χ4v) is 2.36. The maximum absolute atomic E-state index is 5.51. The Bertz CT molecular complexity index is 582. The predicted octanol–water partition coefficient (Wildman–Crippen LogP) is 1.92. The highest BCUT2D eigenvalue weighted by Crippen LogP contribution is 2.10. The molecule has 2 heterocycles. The Labute approximate surface area is 122 Å². The molecule has 0 aliphatic heterocycles. The largest absolute Gasteiger partial charge is 0.444 e. The van der Waals surface area contributed by atoms with Crippen LogP contribution in [-0.4, -0.2) is 23.0 Å². The van der Waals surface area contributed by atoms with Crippen LogP contribution in [0.15, 0.2) is 15.6 Å². The second-order valence-corrected chi connectivity index (χ2v) is 5.71. The molecule has 20 heavy (non-hydrogen) atoms. The van der Waals surface area contributed by atoms with Crippen LogP contribution in [0.4, 0.5) is 0 Å². The van der Waals surface area contributed by atoms with Gasteiger partial charge in [-0.15, -0.1) is 11.3 Å². The summed E-state index contributed by atoms with van der Waals surface area (Å²) in [6, 6.07) is 0. The van der Waals surface area contributed by atoms with Gasteiger partial charge in [-0.25, -0.2) is 9.97 Å². The summed E-state index contributed by atoms with van der Waals surface area (Å²) in [7, 11) is 1.73. The van der Waals surface area contributed by atoms with Gasteiger partial charge in [-0.3, -0.25) is 4.99 Å². The molecule has 0 bridgehead atoms. The molecule has 0 aromatic carbocycles. The van der Waals surface area contributed by atoms with Crippen LogP contribution >= 0.6 is 11.3 Å². The number of nitrogens with one attached hydrogen (secondary N) is 2. The molecular formula is C13H19N5OS. The molecule has 0 saturated carbocycles. The van der Waals surface area contributed by atoms with Crippen LogP contribution in [0, 0.1) is 20.8 Å². The van der Waals surface area contributed by atoms with Crippen molar-refractivity contribution in [3.63, 3.8) is 0 Å². The SMILES string of the molecule is CN=C(NCc1nc(C)c(C)o1)NCc1ncc(C)s1. The minimum Gasteiger partial charge on any atom is -0.444 e. The summed E-state index contributed by atoms with van der Waals surface area (Å²) in [5, 5.41) is 7.41. The molecule has 0 aliphatic rings. The normalized spacial score (nSPS) is 11.7. The van der Waals surface area contributed by atoms with Crippen molar-refractivity contribution in [1.82, 2.24) is 20.6 Å². The number of oxazole rings is 1. The molecule has 2 aromatic heterocycles. The van der Waals surface area contributed by atoms with E-state index in [2.05, 4.69) is 25.6 Å². The maximum Gasteiger partial charge on any atom is 0.214 e. The number of rotatable bonds is 4. The first kappa shape index (κ1) is 14.5. The van der Waals surface area contributed by atoms with E-state index >= 15 is 0 Å². The summed E-state index contributed by atoms with van der Waals surface area (Å²) >= 11 is 1.67. The van der Waals surface area contributed by atoms with Gasteiger partial charge in [-0.1, -0.05) is 0 Å². The molecule has 7 heteroatoms. The van der Waals surface area contributed by atoms with Gasteiger partial charge in [0.15, 0.2) is 5.96 Å². The highest BCUT2D eigenvalue weighted by atomic mass is 32.1. The van der Waals surface area contributed by atoms with Crippen molar-refractivity contribution in [2.45, 2.75) is 33.9 Å². The van der Waals surface area contributed by atoms with Crippen LogP contribution in [0.2, 0.25) is 0 Å². The zero-order chi connectivity index (χ0) is 14.5. The lowest BCUT2D eigenvalue weighted by Gasteiger charge is -2.08. The minimum absolute atomic E-state index is 0.505. The molecule has 0 spiro atoms. The molecule has 0 radical (unpaired) electrons. The standard InChI is InChI=1S/C13H19N5OS/c1-8-5-15-12(20-8)7-17-13(14-4)16-6-11-18-9(2)10(3)19-11/h5H,6-7H2,1-4H3,(H2,14,16,17). The van der Waals surface area contributed by atoms with Crippen LogP contribution < -0.4 is 10.6 Å². The van der Waals surface area contributed by atoms with E-state index in [4.69, 9.17) is 4.42 Å². The molecule has 0 atom stereocenters. The Morgan fingerprint density at radius 1 is 1.30 bits per heavy atom. The third-order valence-electron chi connectivity index (χ3n) is 2.78. The lowest BCUT2D eigenvalue weighted by atomic mass is 10.4. The molecule has 6 nitrogen and oxygen atoms in total. The summed E-state index contributed by atoms with van der Waals surface area (Å²) in [6.45, 7) is 7.04. The van der Waals surface area contributed by atoms with Crippen LogP contribution in [0.25, 0.3) is 0 Å². The predicted molar refractivity (Wildman–Crippen MR) is 79.9 cm³/mol. The lowest BCUT2D eigenvalue weighted by molar-refractivity contribution is 0.463. The monoisotopic (exact) mass is 293 g/mol. The Morgan fingerprint density at radius 3 is 2.60 bits per heavy atom. The summed E-state index contributed by atoms with van der Waals surface area (Å²) < 4.78 is 5.51. The van der Waals surface area contributed by atoms with Crippen molar-refractivity contribution in [3.8, 4) is 0 Å². The summed E-state index contributed by atoms with van der Waals surface area (Å²) in [5.41, 5.74) is 0.919. The second kappa shape index (κ2) is 6.51. The maximum atomic E-state index is 5.51. The molecule has 0 saturated heterocycles. The first-order valence-corrected chi connectivity index (χ1v) is 7.19. The number of nitrogens with zero attached hydrogens (tertiary/aromatic N) is 3. The van der Waals surface area contributed by atoms with Gasteiger partial charge < -0.3 is 15.1 Å². The third-order valence-corrected chi connectivity index (χ3v) is 3.69. The van der Waals surface area contributed by atoms with Crippen molar-refractivity contribution in [2.75, 3.05) is 7.05 Å². The Balaban J connectivity index is 1.83. The molecule has 0 unspecified atom stereocenters. The highest BCUT2D eigenvalue weighted by Gasteiger charge is 2.06. The number of hydrogen-bond donors (Lipinski definition) is 2. The quantitative estimate of drug-likeness (QED) is 0.665. The topological polar surface area (TPSA) is 75.3 Å². The molecule has 0 amide bonds. The minimum atomic E-state index is 0.505. The Hall–Kier alpha value is -1.89. The molecule has 0 aliphatic carbocycles. The van der Waals surface area contributed by atoms with Crippen molar-refractivity contribution < 1.29 is 4.42 Å². The van der Waals surface area contributed by atoms with E-state index in [-0.39, 0.29) is 0 Å². The van der Waals surface area contributed by atoms with Gasteiger partial charge in [0.2, 0.25) is 5.89 Å². The first-order chi connectivity index (χ1) is 9.58. The number of hydrogen-bond acceptors (Lipinski definition) is 5. The van der Waals surface area contributed by atoms with Crippen molar-refractivity contribution in [2.24, 2.45) is 4.99 Å². The van der Waals surface area contributed by atoms with E-state index in [9.17, 15) is 0 Å². The number of aromatic nitrogens is 2. The molecule has 2 N–H and O–H groups in total. The molecular weight excluding hydrogens is 274 g/mol. The first-order valence-electron chi connectivity index (χ1n) is 6.37. The zero-order valence-corrected chi connectivity index (χ0v) is 13.0. The third kappa shape index (κ3) is 3.80. The number of aliphatic imine (C=N–C) groups is 1. The van der Waals surface area contributed by atoms with E-state index in [0.29, 0.717) is 24.9 Å². The fraction of sp³-hybridized carbons (Fsp3) is 0.462. The average Bonchev–Trinajstić information content (AvgIpc) is 2.97. The van der Waals surface area contributed by atoms with E-state index in [1.165, 1.54) is 4.88 Å².